The molecule has 1 fully saturated rings. The van der Waals surface area contributed by atoms with E-state index in [4.69, 9.17) is 10.5 Å². The van der Waals surface area contributed by atoms with Crippen molar-refractivity contribution in [3.05, 3.63) is 39.7 Å². The van der Waals surface area contributed by atoms with Crippen LogP contribution in [0, 0.1) is 11.8 Å². The topological polar surface area (TPSA) is 200 Å². The van der Waals surface area contributed by atoms with E-state index in [9.17, 15) is 39.6 Å². The summed E-state index contributed by atoms with van der Waals surface area (Å²) >= 11 is 0. The SMILES string of the molecule is CCCCOC(=O)NCc1cc(N(C)C)c2c(c1O)C(O)=C1C(=O)[C@]3(O)C(O)=C(C(N)=O)C(=O)C[C@@H]3C[C@@H]1C2. The summed E-state index contributed by atoms with van der Waals surface area (Å²) in [5.74, 6) is -6.86. The van der Waals surface area contributed by atoms with Crippen LogP contribution in [0.4, 0.5) is 10.5 Å². The minimum atomic E-state index is -2.63. The number of rotatable bonds is 7. The summed E-state index contributed by atoms with van der Waals surface area (Å²) in [7, 11) is 3.52. The summed E-state index contributed by atoms with van der Waals surface area (Å²) in [6.07, 6.45) is 0.719. The van der Waals surface area contributed by atoms with Crippen molar-refractivity contribution in [2.75, 3.05) is 25.6 Å². The summed E-state index contributed by atoms with van der Waals surface area (Å²) in [5.41, 5.74) is 2.90. The third kappa shape index (κ3) is 4.48. The first-order valence-electron chi connectivity index (χ1n) is 12.8. The van der Waals surface area contributed by atoms with Crippen LogP contribution in [-0.4, -0.2) is 70.3 Å². The molecule has 1 aromatic rings. The molecule has 3 aliphatic rings. The van der Waals surface area contributed by atoms with Crippen LogP contribution in [0.3, 0.4) is 0 Å². The van der Waals surface area contributed by atoms with Gasteiger partial charge in [0.15, 0.2) is 11.4 Å². The fraction of sp³-hybridized carbons (Fsp3) is 0.481. The third-order valence-electron chi connectivity index (χ3n) is 7.76. The van der Waals surface area contributed by atoms with Gasteiger partial charge in [-0.3, -0.25) is 14.4 Å². The number of nitrogens with zero attached hydrogens (tertiary/aromatic N) is 1. The Bertz CT molecular complexity index is 1330. The summed E-state index contributed by atoms with van der Waals surface area (Å²) in [5, 5.41) is 47.2. The van der Waals surface area contributed by atoms with Crippen molar-refractivity contribution in [3.8, 4) is 5.75 Å². The number of alkyl carbamates (subject to hydrolysis) is 1. The minimum absolute atomic E-state index is 0.0375. The molecule has 3 atom stereocenters. The number of aliphatic hydroxyl groups is 3. The van der Waals surface area contributed by atoms with E-state index in [-0.39, 0.29) is 54.9 Å². The molecule has 0 aromatic heterocycles. The van der Waals surface area contributed by atoms with Crippen LogP contribution >= 0.6 is 0 Å². The second-order valence-corrected chi connectivity index (χ2v) is 10.4. The highest BCUT2D eigenvalue weighted by molar-refractivity contribution is 6.22. The zero-order valence-corrected chi connectivity index (χ0v) is 22.0. The maximum atomic E-state index is 13.7. The first kappa shape index (κ1) is 28.0. The predicted octanol–water partition coefficient (Wildman–Crippen LogP) is 1.52. The number of carbonyl (C=O) groups is 4. The van der Waals surface area contributed by atoms with Crippen LogP contribution in [0.5, 0.6) is 5.75 Å². The molecule has 0 saturated heterocycles. The van der Waals surface area contributed by atoms with Gasteiger partial charge in [0.2, 0.25) is 5.78 Å². The number of benzene rings is 1. The van der Waals surface area contributed by atoms with Gasteiger partial charge in [0.1, 0.15) is 22.8 Å². The third-order valence-corrected chi connectivity index (χ3v) is 7.76. The second kappa shape index (κ2) is 10.3. The smallest absolute Gasteiger partial charge is 0.407 e. The molecule has 0 aliphatic heterocycles. The van der Waals surface area contributed by atoms with Gasteiger partial charge in [0.25, 0.3) is 5.91 Å². The lowest BCUT2D eigenvalue weighted by molar-refractivity contribution is -0.147. The number of nitrogens with one attached hydrogen (secondary N) is 1. The van der Waals surface area contributed by atoms with Crippen LogP contribution in [0.15, 0.2) is 23.0 Å². The molecule has 0 spiro atoms. The Hall–Kier alpha value is -4.06. The molecule has 3 aliphatic carbocycles. The number of amides is 2. The van der Waals surface area contributed by atoms with Gasteiger partial charge in [0.05, 0.1) is 12.2 Å². The van der Waals surface area contributed by atoms with E-state index >= 15 is 0 Å². The first-order valence-corrected chi connectivity index (χ1v) is 12.8. The normalized spacial score (nSPS) is 24.1. The number of Topliss-reactive ketones (excluding diaryl/α,β-unsaturated/α-hetero) is 2. The van der Waals surface area contributed by atoms with Crippen LogP contribution < -0.4 is 16.0 Å². The minimum Gasteiger partial charge on any atom is -0.508 e. The lowest BCUT2D eigenvalue weighted by Crippen LogP contribution is -2.58. The molecule has 0 unspecified atom stereocenters. The quantitative estimate of drug-likeness (QED) is 0.216. The number of phenolic OH excluding ortho intramolecular Hbond substituents is 1. The number of fused-ring (bicyclic) bond motifs is 3. The standard InChI is InChI=1S/C27H33N3O9/c1-4-5-6-39-26(37)29-11-13-9-16(30(2)3)15-8-12-7-14-10-17(31)20(25(28)36)24(35)27(14,38)23(34)18(12)22(33)19(15)21(13)32/h9,12,14,32-33,35,38H,4-8,10-11H2,1-3H3,(H2,28,36)(H,29,37)/t12-,14+,27+/m1/s1. The number of carbonyl (C=O) groups excluding carboxylic acids is 4. The van der Waals surface area contributed by atoms with Crippen LogP contribution in [0.1, 0.15) is 49.3 Å². The summed E-state index contributed by atoms with van der Waals surface area (Å²) < 4.78 is 5.09. The van der Waals surface area contributed by atoms with Crippen LogP contribution in [0.25, 0.3) is 5.76 Å². The molecule has 12 heteroatoms. The molecule has 4 rings (SSSR count). The van der Waals surface area contributed by atoms with Crippen molar-refractivity contribution in [1.82, 2.24) is 5.32 Å². The molecule has 2 amide bonds. The molecule has 0 heterocycles. The van der Waals surface area contributed by atoms with Gasteiger partial charge >= 0.3 is 6.09 Å². The number of ketones is 2. The Morgan fingerprint density at radius 3 is 2.51 bits per heavy atom. The maximum Gasteiger partial charge on any atom is 0.407 e. The number of hydrogen-bond donors (Lipinski definition) is 6. The van der Waals surface area contributed by atoms with E-state index in [2.05, 4.69) is 5.32 Å². The number of unbranched alkanes of at least 4 members (excludes halogenated alkanes) is 1. The summed E-state index contributed by atoms with van der Waals surface area (Å²) in [4.78, 5) is 51.8. The van der Waals surface area contributed by atoms with Crippen LogP contribution in [-0.2, 0) is 32.1 Å². The highest BCUT2D eigenvalue weighted by Crippen LogP contribution is 2.53. The van der Waals surface area contributed by atoms with E-state index in [0.29, 0.717) is 17.7 Å². The highest BCUT2D eigenvalue weighted by atomic mass is 16.5. The molecule has 7 N–H and O–H groups in total. The molecule has 12 nitrogen and oxygen atoms in total. The fourth-order valence-electron chi connectivity index (χ4n) is 5.78. The van der Waals surface area contributed by atoms with Crippen LogP contribution in [0.2, 0.25) is 0 Å². The van der Waals surface area contributed by atoms with E-state index in [1.165, 1.54) is 0 Å². The number of anilines is 1. The monoisotopic (exact) mass is 543 g/mol. The molecule has 0 radical (unpaired) electrons. The Morgan fingerprint density at radius 1 is 1.21 bits per heavy atom. The number of primary amides is 1. The van der Waals surface area contributed by atoms with Crippen molar-refractivity contribution in [2.24, 2.45) is 17.6 Å². The predicted molar refractivity (Wildman–Crippen MR) is 139 cm³/mol. The van der Waals surface area contributed by atoms with Gasteiger partial charge in [0, 0.05) is 49.8 Å². The van der Waals surface area contributed by atoms with E-state index in [1.807, 2.05) is 6.92 Å². The van der Waals surface area contributed by atoms with Crippen molar-refractivity contribution in [3.63, 3.8) is 0 Å². The van der Waals surface area contributed by atoms with Gasteiger partial charge < -0.3 is 41.1 Å². The Labute approximate surface area is 224 Å². The average molecular weight is 544 g/mol. The Balaban J connectivity index is 1.80. The summed E-state index contributed by atoms with van der Waals surface area (Å²) in [6, 6.07) is 1.66. The zero-order chi connectivity index (χ0) is 28.8. The van der Waals surface area contributed by atoms with E-state index in [0.717, 1.165) is 6.42 Å². The number of nitrogens with two attached hydrogens (primary N) is 1. The lowest BCUT2D eigenvalue weighted by Gasteiger charge is -2.46. The molecule has 1 saturated carbocycles. The number of ether oxygens (including phenoxy) is 1. The lowest BCUT2D eigenvalue weighted by atomic mass is 9.59. The highest BCUT2D eigenvalue weighted by Gasteiger charge is 2.60. The first-order chi connectivity index (χ1) is 18.3. The zero-order valence-electron chi connectivity index (χ0n) is 22.0. The second-order valence-electron chi connectivity index (χ2n) is 10.4. The van der Waals surface area contributed by atoms with Crippen molar-refractivity contribution in [1.29, 1.82) is 0 Å². The van der Waals surface area contributed by atoms with E-state index < -0.39 is 58.1 Å². The number of phenols is 1. The molecular weight excluding hydrogens is 510 g/mol. The van der Waals surface area contributed by atoms with E-state index in [1.54, 1.807) is 25.1 Å². The average Bonchev–Trinajstić information content (AvgIpc) is 2.85. The van der Waals surface area contributed by atoms with Crippen molar-refractivity contribution < 1.29 is 44.3 Å². The van der Waals surface area contributed by atoms with Gasteiger partial charge in [-0.05, 0) is 36.8 Å². The van der Waals surface area contributed by atoms with Gasteiger partial charge in [-0.15, -0.1) is 0 Å². The summed E-state index contributed by atoms with van der Waals surface area (Å²) in [6.45, 7) is 2.06. The molecule has 1 aromatic carbocycles. The van der Waals surface area contributed by atoms with Gasteiger partial charge in [-0.2, -0.15) is 0 Å². The molecule has 0 bridgehead atoms. The maximum absolute atomic E-state index is 13.7. The number of hydrogen-bond acceptors (Lipinski definition) is 10. The van der Waals surface area contributed by atoms with Gasteiger partial charge in [-0.1, -0.05) is 13.3 Å². The van der Waals surface area contributed by atoms with Crippen molar-refractivity contribution >= 4 is 35.0 Å². The molecule has 39 heavy (non-hydrogen) atoms. The number of aromatic hydroxyl groups is 1. The molecule has 210 valence electrons. The fourth-order valence-corrected chi connectivity index (χ4v) is 5.78. The number of aliphatic hydroxyl groups excluding tert-OH is 2. The Morgan fingerprint density at radius 2 is 1.90 bits per heavy atom. The Kier molecular flexibility index (Phi) is 7.35. The molecular formula is C27H33N3O9. The van der Waals surface area contributed by atoms with Crippen molar-refractivity contribution in [2.45, 2.75) is 51.2 Å². The van der Waals surface area contributed by atoms with Gasteiger partial charge in [-0.25, -0.2) is 4.79 Å². The largest absolute Gasteiger partial charge is 0.508 e.